The second-order valence-corrected chi connectivity index (χ2v) is 7.09. The highest BCUT2D eigenvalue weighted by Crippen LogP contribution is 2.28. The van der Waals surface area contributed by atoms with Gasteiger partial charge in [0.15, 0.2) is 5.82 Å². The largest absolute Gasteiger partial charge is 0.326 e. The van der Waals surface area contributed by atoms with Gasteiger partial charge in [-0.3, -0.25) is 4.72 Å². The minimum Gasteiger partial charge on any atom is -0.326 e. The number of sulfonamides is 1. The average molecular weight is 394 g/mol. The smallest absolute Gasteiger partial charge is 0.263 e. The monoisotopic (exact) mass is 392 g/mol. The molecular weight excluding hydrogens is 383 g/mol. The molecule has 2 rings (SSSR count). The summed E-state index contributed by atoms with van der Waals surface area (Å²) in [5.74, 6) is -0.825. The van der Waals surface area contributed by atoms with Crippen molar-refractivity contribution in [2.24, 2.45) is 5.73 Å². The molecule has 2 aromatic carbocycles. The molecule has 0 fully saturated rings. The van der Waals surface area contributed by atoms with E-state index < -0.39 is 15.8 Å². The van der Waals surface area contributed by atoms with Crippen LogP contribution < -0.4 is 10.5 Å². The Labute approximate surface area is 135 Å². The Bertz CT molecular complexity index is 784. The zero-order valence-electron chi connectivity index (χ0n) is 10.6. The van der Waals surface area contributed by atoms with Crippen LogP contribution in [0, 0.1) is 5.82 Å². The summed E-state index contributed by atoms with van der Waals surface area (Å²) in [7, 11) is -3.97. The first-order valence-electron chi connectivity index (χ1n) is 5.80. The molecule has 0 amide bonds. The summed E-state index contributed by atoms with van der Waals surface area (Å²) in [4.78, 5) is -0.0233. The highest BCUT2D eigenvalue weighted by molar-refractivity contribution is 9.10. The van der Waals surface area contributed by atoms with Crippen LogP contribution in [0.25, 0.3) is 0 Å². The summed E-state index contributed by atoms with van der Waals surface area (Å²) in [6.45, 7) is 0.196. The average Bonchev–Trinajstić information content (AvgIpc) is 2.44. The van der Waals surface area contributed by atoms with Crippen molar-refractivity contribution in [2.75, 3.05) is 4.72 Å². The molecule has 2 aromatic rings. The molecule has 0 saturated heterocycles. The number of nitrogens with two attached hydrogens (primary N) is 1. The molecule has 0 aliphatic carbocycles. The Hall–Kier alpha value is -1.15. The molecule has 0 aromatic heterocycles. The third kappa shape index (κ3) is 3.55. The fourth-order valence-electron chi connectivity index (χ4n) is 1.66. The number of hydrogen-bond acceptors (Lipinski definition) is 3. The normalized spacial score (nSPS) is 11.4. The van der Waals surface area contributed by atoms with E-state index >= 15 is 0 Å². The highest BCUT2D eigenvalue weighted by Gasteiger charge is 2.20. The summed E-state index contributed by atoms with van der Waals surface area (Å²) in [6, 6.07) is 8.77. The Kier molecular flexibility index (Phi) is 4.88. The van der Waals surface area contributed by atoms with Gasteiger partial charge in [0.25, 0.3) is 10.0 Å². The quantitative estimate of drug-likeness (QED) is 0.835. The predicted octanol–water partition coefficient (Wildman–Crippen LogP) is 3.50. The van der Waals surface area contributed by atoms with Gasteiger partial charge in [0.1, 0.15) is 4.90 Å². The van der Waals surface area contributed by atoms with Gasteiger partial charge in [-0.1, -0.05) is 23.7 Å². The van der Waals surface area contributed by atoms with Crippen molar-refractivity contribution < 1.29 is 12.8 Å². The predicted molar refractivity (Wildman–Crippen MR) is 84.3 cm³/mol. The van der Waals surface area contributed by atoms with Crippen LogP contribution in [0.1, 0.15) is 5.56 Å². The van der Waals surface area contributed by atoms with Gasteiger partial charge < -0.3 is 5.73 Å². The van der Waals surface area contributed by atoms with Crippen LogP contribution in [0.2, 0.25) is 5.02 Å². The first-order chi connectivity index (χ1) is 9.85. The second-order valence-electron chi connectivity index (χ2n) is 4.18. The van der Waals surface area contributed by atoms with Gasteiger partial charge in [-0.25, -0.2) is 12.8 Å². The molecule has 0 spiro atoms. The van der Waals surface area contributed by atoms with Gasteiger partial charge in [-0.15, -0.1) is 0 Å². The Morgan fingerprint density at radius 3 is 2.67 bits per heavy atom. The Morgan fingerprint density at radius 1 is 1.29 bits per heavy atom. The van der Waals surface area contributed by atoms with Gasteiger partial charge in [0.05, 0.1) is 10.7 Å². The van der Waals surface area contributed by atoms with Crippen LogP contribution in [0.15, 0.2) is 45.8 Å². The maximum absolute atomic E-state index is 13.8. The molecule has 0 aliphatic rings. The van der Waals surface area contributed by atoms with E-state index in [1.165, 1.54) is 24.3 Å². The van der Waals surface area contributed by atoms with Crippen molar-refractivity contribution in [1.82, 2.24) is 0 Å². The van der Waals surface area contributed by atoms with Crippen molar-refractivity contribution >= 4 is 43.2 Å². The lowest BCUT2D eigenvalue weighted by Gasteiger charge is -2.12. The summed E-state index contributed by atoms with van der Waals surface area (Å²) >= 11 is 8.79. The molecule has 0 heterocycles. The fraction of sp³-hybridized carbons (Fsp3) is 0.0769. The van der Waals surface area contributed by atoms with E-state index in [-0.39, 0.29) is 22.2 Å². The fourth-order valence-corrected chi connectivity index (χ4v) is 3.91. The number of benzene rings is 2. The first kappa shape index (κ1) is 16.2. The lowest BCUT2D eigenvalue weighted by Crippen LogP contribution is -2.15. The molecule has 112 valence electrons. The third-order valence-electron chi connectivity index (χ3n) is 2.72. The van der Waals surface area contributed by atoms with E-state index in [1.54, 1.807) is 12.1 Å². The second kappa shape index (κ2) is 6.31. The van der Waals surface area contributed by atoms with Crippen LogP contribution in [-0.2, 0) is 16.6 Å². The number of rotatable bonds is 4. The summed E-state index contributed by atoms with van der Waals surface area (Å²) < 4.78 is 41.1. The van der Waals surface area contributed by atoms with E-state index in [0.29, 0.717) is 10.0 Å². The summed E-state index contributed by atoms with van der Waals surface area (Å²) in [5.41, 5.74) is 5.93. The zero-order valence-corrected chi connectivity index (χ0v) is 13.8. The zero-order chi connectivity index (χ0) is 15.6. The van der Waals surface area contributed by atoms with Crippen LogP contribution >= 0.6 is 27.5 Å². The summed E-state index contributed by atoms with van der Waals surface area (Å²) in [6.07, 6.45) is 0. The number of nitrogens with one attached hydrogen (secondary N) is 1. The van der Waals surface area contributed by atoms with Crippen LogP contribution in [0.3, 0.4) is 0 Å². The molecule has 0 radical (unpaired) electrons. The molecule has 21 heavy (non-hydrogen) atoms. The van der Waals surface area contributed by atoms with Crippen LogP contribution in [0.4, 0.5) is 10.1 Å². The lowest BCUT2D eigenvalue weighted by molar-refractivity contribution is 0.598. The van der Waals surface area contributed by atoms with Crippen LogP contribution in [0.5, 0.6) is 0 Å². The van der Waals surface area contributed by atoms with Gasteiger partial charge in [0, 0.05) is 11.0 Å². The number of hydrogen-bond donors (Lipinski definition) is 2. The van der Waals surface area contributed by atoms with E-state index in [0.717, 1.165) is 0 Å². The minimum atomic E-state index is -3.97. The van der Waals surface area contributed by atoms with Crippen molar-refractivity contribution in [3.8, 4) is 0 Å². The molecule has 0 bridgehead atoms. The lowest BCUT2D eigenvalue weighted by atomic mass is 10.2. The Morgan fingerprint density at radius 2 is 2.00 bits per heavy atom. The van der Waals surface area contributed by atoms with E-state index in [9.17, 15) is 12.8 Å². The van der Waals surface area contributed by atoms with Crippen molar-refractivity contribution in [3.63, 3.8) is 0 Å². The first-order valence-corrected chi connectivity index (χ1v) is 8.46. The number of anilines is 1. The maximum atomic E-state index is 13.8. The molecule has 8 heteroatoms. The molecule has 0 aliphatic heterocycles. The topological polar surface area (TPSA) is 72.2 Å². The maximum Gasteiger partial charge on any atom is 0.263 e. The van der Waals surface area contributed by atoms with Gasteiger partial charge in [-0.2, -0.15) is 0 Å². The molecular formula is C13H11BrClFN2O2S. The van der Waals surface area contributed by atoms with Crippen LogP contribution in [-0.4, -0.2) is 8.42 Å². The van der Waals surface area contributed by atoms with Crippen molar-refractivity contribution in [1.29, 1.82) is 0 Å². The molecule has 0 atom stereocenters. The van der Waals surface area contributed by atoms with E-state index in [1.807, 2.05) is 0 Å². The number of halogens is 3. The Balaban J connectivity index is 2.46. The third-order valence-corrected chi connectivity index (χ3v) is 5.37. The standard InChI is InChI=1S/C13H11BrClFN2O2S/c14-9-5-4-8(7-17)6-12(9)21(19,20)18-11-3-1-2-10(15)13(11)16/h1-6,18H,7,17H2. The van der Waals surface area contributed by atoms with Crippen molar-refractivity contribution in [3.05, 3.63) is 57.3 Å². The minimum absolute atomic E-state index is 0.0233. The highest BCUT2D eigenvalue weighted by atomic mass is 79.9. The van der Waals surface area contributed by atoms with E-state index in [2.05, 4.69) is 20.7 Å². The van der Waals surface area contributed by atoms with Gasteiger partial charge in [-0.05, 0) is 45.8 Å². The molecule has 3 N–H and O–H groups in total. The van der Waals surface area contributed by atoms with Gasteiger partial charge in [0.2, 0.25) is 0 Å². The van der Waals surface area contributed by atoms with Gasteiger partial charge >= 0.3 is 0 Å². The molecule has 4 nitrogen and oxygen atoms in total. The molecule has 0 unspecified atom stereocenters. The molecule has 0 saturated carbocycles. The van der Waals surface area contributed by atoms with E-state index in [4.69, 9.17) is 17.3 Å². The van der Waals surface area contributed by atoms with Crippen molar-refractivity contribution in [2.45, 2.75) is 11.4 Å². The SMILES string of the molecule is NCc1ccc(Br)c(S(=O)(=O)Nc2cccc(Cl)c2F)c1. The summed E-state index contributed by atoms with van der Waals surface area (Å²) in [5, 5.41) is -0.162.